The quantitative estimate of drug-likeness (QED) is 0.365. The molecule has 36 heavy (non-hydrogen) atoms. The predicted molar refractivity (Wildman–Crippen MR) is 140 cm³/mol. The van der Waals surface area contributed by atoms with Gasteiger partial charge in [0.05, 0.1) is 36.7 Å². The lowest BCUT2D eigenvalue weighted by Crippen LogP contribution is -2.29. The Bertz CT molecular complexity index is 1570. The van der Waals surface area contributed by atoms with Crippen LogP contribution in [0.4, 0.5) is 0 Å². The fourth-order valence-corrected chi connectivity index (χ4v) is 5.33. The lowest BCUT2D eigenvalue weighted by Gasteiger charge is -2.19. The zero-order valence-corrected chi connectivity index (χ0v) is 21.8. The number of nitrogens with one attached hydrogen (secondary N) is 1. The number of benzene rings is 1. The van der Waals surface area contributed by atoms with Crippen LogP contribution in [0.3, 0.4) is 0 Å². The van der Waals surface area contributed by atoms with Gasteiger partial charge in [-0.15, -0.1) is 0 Å². The van der Waals surface area contributed by atoms with Gasteiger partial charge in [0, 0.05) is 18.0 Å². The Morgan fingerprint density at radius 1 is 1.11 bits per heavy atom. The average molecular weight is 511 g/mol. The van der Waals surface area contributed by atoms with E-state index < -0.39 is 21.6 Å². The number of aryl methyl sites for hydroxylation is 2. The summed E-state index contributed by atoms with van der Waals surface area (Å²) in [6.45, 7) is 6.18. The van der Waals surface area contributed by atoms with Crippen LogP contribution in [0.1, 0.15) is 36.7 Å². The van der Waals surface area contributed by atoms with Crippen molar-refractivity contribution in [2.24, 2.45) is 0 Å². The van der Waals surface area contributed by atoms with Gasteiger partial charge in [0.25, 0.3) is 5.88 Å². The van der Waals surface area contributed by atoms with Crippen molar-refractivity contribution < 1.29 is 17.9 Å². The molecule has 0 saturated carbocycles. The number of imidazole rings is 1. The minimum absolute atomic E-state index is 0.228. The summed E-state index contributed by atoms with van der Waals surface area (Å²) in [4.78, 5) is 25.3. The van der Waals surface area contributed by atoms with Crippen LogP contribution in [0, 0.1) is 6.92 Å². The van der Waals surface area contributed by atoms with Crippen molar-refractivity contribution in [2.75, 3.05) is 25.7 Å². The Morgan fingerprint density at radius 2 is 1.86 bits per heavy atom. The molecule has 0 aliphatic carbocycles. The highest BCUT2D eigenvalue weighted by molar-refractivity contribution is 7.90. The summed E-state index contributed by atoms with van der Waals surface area (Å²) in [5.41, 5.74) is 4.79. The highest BCUT2D eigenvalue weighted by Crippen LogP contribution is 2.32. The standard InChI is InChI=1S/C26H30N4O5S/c1-6-17-10-8-9-11-18(17)19-14-27-24-23(16(19)3)29-26(31)30(24)21(15-36(5,32)33)20-12-13-22(34-4)25(28-20)35-7-2/h8-14,21H,6-7,15H2,1-5H3,(H,29,31)/t21-/m1/s1. The van der Waals surface area contributed by atoms with Gasteiger partial charge < -0.3 is 14.5 Å². The number of fused-ring (bicyclic) bond motifs is 1. The number of pyridine rings is 2. The number of rotatable bonds is 9. The largest absolute Gasteiger partial charge is 0.491 e. The van der Waals surface area contributed by atoms with Gasteiger partial charge in [0.2, 0.25) is 0 Å². The first kappa shape index (κ1) is 25.4. The van der Waals surface area contributed by atoms with E-state index in [1.54, 1.807) is 18.3 Å². The van der Waals surface area contributed by atoms with Crippen molar-refractivity contribution >= 4 is 21.0 Å². The highest BCUT2D eigenvalue weighted by Gasteiger charge is 2.27. The van der Waals surface area contributed by atoms with Crippen molar-refractivity contribution in [2.45, 2.75) is 33.2 Å². The zero-order chi connectivity index (χ0) is 26.0. The van der Waals surface area contributed by atoms with Crippen LogP contribution in [0.15, 0.2) is 47.4 Å². The van der Waals surface area contributed by atoms with Crippen molar-refractivity contribution in [3.8, 4) is 22.8 Å². The van der Waals surface area contributed by atoms with Gasteiger partial charge >= 0.3 is 5.69 Å². The van der Waals surface area contributed by atoms with Crippen molar-refractivity contribution in [3.63, 3.8) is 0 Å². The Balaban J connectivity index is 1.93. The van der Waals surface area contributed by atoms with E-state index in [4.69, 9.17) is 9.47 Å². The molecule has 0 saturated heterocycles. The van der Waals surface area contributed by atoms with Gasteiger partial charge in [0.1, 0.15) is 9.84 Å². The van der Waals surface area contributed by atoms with E-state index in [0.29, 0.717) is 29.2 Å². The number of hydrogen-bond acceptors (Lipinski definition) is 7. The fourth-order valence-electron chi connectivity index (χ4n) is 4.44. The molecule has 9 nitrogen and oxygen atoms in total. The number of aromatic amines is 1. The summed E-state index contributed by atoms with van der Waals surface area (Å²) in [7, 11) is -2.01. The van der Waals surface area contributed by atoms with Gasteiger partial charge in [-0.25, -0.2) is 23.2 Å². The molecule has 1 aromatic carbocycles. The second-order valence-electron chi connectivity index (χ2n) is 8.59. The maximum absolute atomic E-state index is 13.3. The number of sulfone groups is 1. The molecule has 10 heteroatoms. The monoisotopic (exact) mass is 510 g/mol. The molecule has 0 aliphatic rings. The molecule has 0 fully saturated rings. The normalized spacial score (nSPS) is 12.6. The summed E-state index contributed by atoms with van der Waals surface area (Å²) >= 11 is 0. The van der Waals surface area contributed by atoms with Crippen molar-refractivity contribution in [1.29, 1.82) is 0 Å². The molecule has 190 valence electrons. The van der Waals surface area contributed by atoms with Crippen LogP contribution in [0.25, 0.3) is 22.3 Å². The summed E-state index contributed by atoms with van der Waals surface area (Å²) in [6.07, 6.45) is 3.72. The maximum Gasteiger partial charge on any atom is 0.328 e. The molecular formula is C26H30N4O5S. The molecule has 0 bridgehead atoms. The third-order valence-electron chi connectivity index (χ3n) is 6.15. The van der Waals surface area contributed by atoms with Crippen LogP contribution < -0.4 is 15.2 Å². The molecule has 4 aromatic rings. The lowest BCUT2D eigenvalue weighted by molar-refractivity contribution is 0.296. The fraction of sp³-hybridized carbons (Fsp3) is 0.346. The van der Waals surface area contributed by atoms with E-state index in [-0.39, 0.29) is 11.6 Å². The molecule has 0 spiro atoms. The number of hydrogen-bond donors (Lipinski definition) is 1. The second-order valence-corrected chi connectivity index (χ2v) is 10.8. The minimum Gasteiger partial charge on any atom is -0.491 e. The molecule has 0 aliphatic heterocycles. The molecule has 4 rings (SSSR count). The van der Waals surface area contributed by atoms with Gasteiger partial charge in [-0.05, 0) is 49.1 Å². The number of H-pyrrole nitrogens is 1. The maximum atomic E-state index is 13.3. The van der Waals surface area contributed by atoms with Crippen LogP contribution in [0.5, 0.6) is 11.6 Å². The molecule has 0 unspecified atom stereocenters. The van der Waals surface area contributed by atoms with Gasteiger partial charge in [0.15, 0.2) is 11.4 Å². The van der Waals surface area contributed by atoms with Crippen molar-refractivity contribution in [3.05, 3.63) is 69.9 Å². The lowest BCUT2D eigenvalue weighted by atomic mass is 9.96. The Labute approximate surface area is 210 Å². The molecule has 0 amide bonds. The number of nitrogens with zero attached hydrogens (tertiary/aromatic N) is 3. The van der Waals surface area contributed by atoms with E-state index in [9.17, 15) is 13.2 Å². The molecule has 3 heterocycles. The minimum atomic E-state index is -3.51. The highest BCUT2D eigenvalue weighted by atomic mass is 32.2. The summed E-state index contributed by atoms with van der Waals surface area (Å²) in [6, 6.07) is 10.4. The number of ether oxygens (including phenoxy) is 2. The third kappa shape index (κ3) is 4.86. The van der Waals surface area contributed by atoms with E-state index in [2.05, 4.69) is 27.9 Å². The Kier molecular flexibility index (Phi) is 7.16. The Hall–Kier alpha value is -3.66. The number of methoxy groups -OCH3 is 1. The van der Waals surface area contributed by atoms with E-state index in [1.165, 1.54) is 17.2 Å². The van der Waals surface area contributed by atoms with Crippen LogP contribution in [-0.4, -0.2) is 53.7 Å². The molecule has 0 radical (unpaired) electrons. The average Bonchev–Trinajstić information content (AvgIpc) is 3.19. The predicted octanol–water partition coefficient (Wildman–Crippen LogP) is 3.70. The first-order valence-corrected chi connectivity index (χ1v) is 13.8. The van der Waals surface area contributed by atoms with E-state index in [0.717, 1.165) is 29.4 Å². The smallest absolute Gasteiger partial charge is 0.328 e. The molecule has 1 atom stereocenters. The third-order valence-corrected chi connectivity index (χ3v) is 7.07. The van der Waals surface area contributed by atoms with Crippen LogP contribution in [0.2, 0.25) is 0 Å². The summed E-state index contributed by atoms with van der Waals surface area (Å²) in [5.74, 6) is 0.302. The van der Waals surface area contributed by atoms with Gasteiger partial charge in [-0.2, -0.15) is 0 Å². The summed E-state index contributed by atoms with van der Waals surface area (Å²) in [5, 5.41) is 0. The summed E-state index contributed by atoms with van der Waals surface area (Å²) < 4.78 is 37.1. The first-order chi connectivity index (χ1) is 17.2. The van der Waals surface area contributed by atoms with Gasteiger partial charge in [-0.1, -0.05) is 31.2 Å². The van der Waals surface area contributed by atoms with Crippen LogP contribution in [-0.2, 0) is 16.3 Å². The Morgan fingerprint density at radius 3 is 2.53 bits per heavy atom. The number of aromatic nitrogens is 4. The molecule has 3 aromatic heterocycles. The second kappa shape index (κ2) is 10.1. The van der Waals surface area contributed by atoms with E-state index in [1.807, 2.05) is 32.0 Å². The first-order valence-electron chi connectivity index (χ1n) is 11.7. The van der Waals surface area contributed by atoms with E-state index >= 15 is 0 Å². The van der Waals surface area contributed by atoms with Crippen molar-refractivity contribution in [1.82, 2.24) is 19.5 Å². The van der Waals surface area contributed by atoms with Crippen LogP contribution >= 0.6 is 0 Å². The zero-order valence-electron chi connectivity index (χ0n) is 21.0. The van der Waals surface area contributed by atoms with Gasteiger partial charge in [-0.3, -0.25) is 4.57 Å². The SMILES string of the molecule is CCOc1nc([C@@H](CS(C)(=O)=O)n2c(=O)[nH]c3c(C)c(-c4ccccc4CC)cnc32)ccc1OC. The molecular weight excluding hydrogens is 480 g/mol. The topological polar surface area (TPSA) is 116 Å². The molecule has 1 N–H and O–H groups in total.